The lowest BCUT2D eigenvalue weighted by atomic mass is 10.2. The topological polar surface area (TPSA) is 99.7 Å². The fourth-order valence-corrected chi connectivity index (χ4v) is 2.25. The predicted octanol–water partition coefficient (Wildman–Crippen LogP) is 3.25. The summed E-state index contributed by atoms with van der Waals surface area (Å²) in [6.45, 7) is 3.33. The van der Waals surface area contributed by atoms with Gasteiger partial charge in [-0.15, -0.1) is 0 Å². The minimum Gasteiger partial charge on any atom is -0.326 e. The summed E-state index contributed by atoms with van der Waals surface area (Å²) in [5.41, 5.74) is 3.99. The van der Waals surface area contributed by atoms with E-state index in [9.17, 15) is 18.8 Å². The van der Waals surface area contributed by atoms with Gasteiger partial charge in [-0.05, 0) is 55.8 Å². The van der Waals surface area contributed by atoms with E-state index in [1.807, 2.05) is 6.92 Å². The van der Waals surface area contributed by atoms with E-state index >= 15 is 0 Å². The highest BCUT2D eigenvalue weighted by atomic mass is 35.5. The van der Waals surface area contributed by atoms with E-state index in [-0.39, 0.29) is 12.1 Å². The van der Waals surface area contributed by atoms with Crippen LogP contribution in [0.25, 0.3) is 0 Å². The number of rotatable bonds is 5. The monoisotopic (exact) mass is 404 g/mol. The van der Waals surface area contributed by atoms with E-state index in [4.69, 9.17) is 11.6 Å². The highest BCUT2D eigenvalue weighted by Gasteiger charge is 2.14. The van der Waals surface area contributed by atoms with Crippen molar-refractivity contribution < 1.29 is 18.8 Å². The van der Waals surface area contributed by atoms with Gasteiger partial charge in [-0.3, -0.25) is 14.4 Å². The fraction of sp³-hybridized carbons (Fsp3) is 0.158. The van der Waals surface area contributed by atoms with Crippen molar-refractivity contribution in [2.24, 2.45) is 5.10 Å². The van der Waals surface area contributed by atoms with Crippen LogP contribution >= 0.6 is 11.6 Å². The smallest absolute Gasteiger partial charge is 0.326 e. The highest BCUT2D eigenvalue weighted by molar-refractivity contribution is 6.40. The second-order valence-corrected chi connectivity index (χ2v) is 6.35. The fourth-order valence-electron chi connectivity index (χ4n) is 2.07. The third-order valence-corrected chi connectivity index (χ3v) is 3.94. The quantitative estimate of drug-likeness (QED) is 0.405. The Kier molecular flexibility index (Phi) is 7.22. The van der Waals surface area contributed by atoms with Crippen LogP contribution in [0, 0.1) is 12.7 Å². The molecule has 0 saturated heterocycles. The summed E-state index contributed by atoms with van der Waals surface area (Å²) in [5.74, 6) is -2.73. The number of hydrogen-bond acceptors (Lipinski definition) is 4. The molecule has 0 aliphatic heterocycles. The molecule has 2 aromatic rings. The van der Waals surface area contributed by atoms with Gasteiger partial charge in [-0.25, -0.2) is 9.82 Å². The first-order valence-electron chi connectivity index (χ1n) is 8.20. The number of hydrazone groups is 1. The van der Waals surface area contributed by atoms with E-state index in [1.54, 1.807) is 12.1 Å². The molecule has 0 radical (unpaired) electrons. The number of aryl methyl sites for hydroxylation is 1. The van der Waals surface area contributed by atoms with Crippen LogP contribution in [0.15, 0.2) is 47.6 Å². The van der Waals surface area contributed by atoms with Crippen molar-refractivity contribution in [3.8, 4) is 0 Å². The standard InChI is InChI=1S/C19H18ClFN4O3/c1-11-3-6-15(10-16(11)20)23-18(27)19(28)25-24-12(2)9-17(26)22-14-7-4-13(21)5-8-14/h3-8,10H,9H2,1-2H3,(H,22,26)(H,23,27)(H,25,28)/b24-12-. The first kappa shape index (κ1) is 21.0. The highest BCUT2D eigenvalue weighted by Crippen LogP contribution is 2.19. The van der Waals surface area contributed by atoms with Crippen LogP contribution in [0.5, 0.6) is 0 Å². The number of halogens is 2. The molecule has 0 atom stereocenters. The van der Waals surface area contributed by atoms with Crippen molar-refractivity contribution in [2.75, 3.05) is 10.6 Å². The first-order valence-corrected chi connectivity index (χ1v) is 8.58. The Balaban J connectivity index is 1.84. The summed E-state index contributed by atoms with van der Waals surface area (Å²) in [6.07, 6.45) is -0.118. The molecular weight excluding hydrogens is 387 g/mol. The van der Waals surface area contributed by atoms with Crippen molar-refractivity contribution in [1.82, 2.24) is 5.43 Å². The lowest BCUT2D eigenvalue weighted by Crippen LogP contribution is -2.33. The van der Waals surface area contributed by atoms with Gasteiger partial charge < -0.3 is 10.6 Å². The van der Waals surface area contributed by atoms with E-state index in [0.29, 0.717) is 16.4 Å². The van der Waals surface area contributed by atoms with Crippen LogP contribution in [-0.2, 0) is 14.4 Å². The molecular formula is C19H18ClFN4O3. The molecule has 2 aromatic carbocycles. The van der Waals surface area contributed by atoms with Crippen LogP contribution < -0.4 is 16.1 Å². The maximum Gasteiger partial charge on any atom is 0.329 e. The summed E-state index contributed by atoms with van der Waals surface area (Å²) in [6, 6.07) is 10.1. The van der Waals surface area contributed by atoms with E-state index in [1.165, 1.54) is 37.3 Å². The maximum atomic E-state index is 12.8. The van der Waals surface area contributed by atoms with Crippen molar-refractivity contribution >= 4 is 46.4 Å². The Hall–Kier alpha value is -3.26. The summed E-state index contributed by atoms with van der Waals surface area (Å²) >= 11 is 5.96. The molecule has 0 aromatic heterocycles. The molecule has 28 heavy (non-hydrogen) atoms. The molecule has 0 aliphatic carbocycles. The summed E-state index contributed by atoms with van der Waals surface area (Å²) in [7, 11) is 0. The van der Waals surface area contributed by atoms with Gasteiger partial charge >= 0.3 is 11.8 Å². The summed E-state index contributed by atoms with van der Waals surface area (Å²) in [5, 5.41) is 9.14. The lowest BCUT2D eigenvalue weighted by molar-refractivity contribution is -0.136. The number of amides is 3. The predicted molar refractivity (Wildman–Crippen MR) is 106 cm³/mol. The number of anilines is 2. The molecule has 7 nitrogen and oxygen atoms in total. The number of hydrogen-bond donors (Lipinski definition) is 3. The molecule has 0 fully saturated rings. The Morgan fingerprint density at radius 2 is 1.64 bits per heavy atom. The average Bonchev–Trinajstić information content (AvgIpc) is 2.64. The van der Waals surface area contributed by atoms with Gasteiger partial charge in [-0.1, -0.05) is 17.7 Å². The van der Waals surface area contributed by atoms with Gasteiger partial charge in [0.2, 0.25) is 5.91 Å². The zero-order valence-electron chi connectivity index (χ0n) is 15.2. The maximum absolute atomic E-state index is 12.8. The Morgan fingerprint density at radius 3 is 2.29 bits per heavy atom. The van der Waals surface area contributed by atoms with Crippen LogP contribution in [-0.4, -0.2) is 23.4 Å². The molecule has 3 N–H and O–H groups in total. The van der Waals surface area contributed by atoms with Crippen LogP contribution in [0.3, 0.4) is 0 Å². The summed E-state index contributed by atoms with van der Waals surface area (Å²) < 4.78 is 12.8. The molecule has 0 saturated carbocycles. The number of nitrogens with one attached hydrogen (secondary N) is 3. The number of nitrogens with zero attached hydrogens (tertiary/aromatic N) is 1. The second kappa shape index (κ2) is 9.61. The van der Waals surface area contributed by atoms with Gasteiger partial charge in [0, 0.05) is 22.1 Å². The van der Waals surface area contributed by atoms with Crippen LogP contribution in [0.1, 0.15) is 18.9 Å². The Bertz CT molecular complexity index is 929. The van der Waals surface area contributed by atoms with E-state index in [0.717, 1.165) is 5.56 Å². The van der Waals surface area contributed by atoms with Crippen molar-refractivity contribution in [1.29, 1.82) is 0 Å². The molecule has 9 heteroatoms. The third kappa shape index (κ3) is 6.48. The molecule has 0 aliphatic rings. The minimum absolute atomic E-state index is 0.118. The van der Waals surface area contributed by atoms with Gasteiger partial charge in [0.25, 0.3) is 0 Å². The molecule has 0 spiro atoms. The Morgan fingerprint density at radius 1 is 1.00 bits per heavy atom. The van der Waals surface area contributed by atoms with Gasteiger partial charge in [-0.2, -0.15) is 5.10 Å². The normalized spacial score (nSPS) is 10.9. The largest absolute Gasteiger partial charge is 0.329 e. The van der Waals surface area contributed by atoms with Crippen LogP contribution in [0.2, 0.25) is 5.02 Å². The molecule has 3 amide bonds. The SMILES string of the molecule is C/C(CC(=O)Nc1ccc(F)cc1)=N/NC(=O)C(=O)Nc1ccc(C)c(Cl)c1. The minimum atomic E-state index is -0.991. The van der Waals surface area contributed by atoms with E-state index < -0.39 is 23.5 Å². The van der Waals surface area contributed by atoms with Crippen LogP contribution in [0.4, 0.5) is 15.8 Å². The molecule has 146 valence electrons. The third-order valence-electron chi connectivity index (χ3n) is 3.53. The summed E-state index contributed by atoms with van der Waals surface area (Å²) in [4.78, 5) is 35.6. The van der Waals surface area contributed by atoms with Gasteiger partial charge in [0.15, 0.2) is 0 Å². The lowest BCUT2D eigenvalue weighted by Gasteiger charge is -2.07. The molecule has 2 rings (SSSR count). The molecule has 0 bridgehead atoms. The first-order chi connectivity index (χ1) is 13.2. The average molecular weight is 405 g/mol. The van der Waals surface area contributed by atoms with Crippen molar-refractivity contribution in [3.05, 3.63) is 58.9 Å². The second-order valence-electron chi connectivity index (χ2n) is 5.94. The van der Waals surface area contributed by atoms with Crippen molar-refractivity contribution in [2.45, 2.75) is 20.3 Å². The molecule has 0 heterocycles. The number of benzene rings is 2. The number of carbonyl (C=O) groups excluding carboxylic acids is 3. The Labute approximate surface area is 166 Å². The van der Waals surface area contributed by atoms with Gasteiger partial charge in [0.05, 0.1) is 6.42 Å². The molecule has 0 unspecified atom stereocenters. The number of carbonyl (C=O) groups is 3. The zero-order chi connectivity index (χ0) is 20.7. The van der Waals surface area contributed by atoms with E-state index in [2.05, 4.69) is 21.2 Å². The van der Waals surface area contributed by atoms with Crippen molar-refractivity contribution in [3.63, 3.8) is 0 Å². The zero-order valence-corrected chi connectivity index (χ0v) is 15.9. The van der Waals surface area contributed by atoms with Gasteiger partial charge in [0.1, 0.15) is 5.82 Å².